The average molecular weight is 745 g/mol. The lowest BCUT2D eigenvalue weighted by Gasteiger charge is -2.29. The molecule has 2 heterocycles. The second-order valence-electron chi connectivity index (χ2n) is 14.9. The number of hydrogen-bond acceptors (Lipinski definition) is 7. The van der Waals surface area contributed by atoms with Crippen LogP contribution in [0.4, 0.5) is 11.4 Å². The zero-order valence-electron chi connectivity index (χ0n) is 31.8. The predicted molar refractivity (Wildman–Crippen MR) is 217 cm³/mol. The Balaban J connectivity index is 1.19. The molecule has 2 aliphatic heterocycles. The van der Waals surface area contributed by atoms with Gasteiger partial charge in [-0.25, -0.2) is 8.42 Å². The van der Waals surface area contributed by atoms with E-state index in [1.54, 1.807) is 31.4 Å². The van der Waals surface area contributed by atoms with E-state index in [1.807, 2.05) is 24.3 Å². The molecular formula is C45H52N4O4S. The number of benzene rings is 5. The third-order valence-electron chi connectivity index (χ3n) is 10.9. The fourth-order valence-corrected chi connectivity index (χ4v) is 8.92. The Morgan fingerprint density at radius 2 is 1.13 bits per heavy atom. The predicted octanol–water partition coefficient (Wildman–Crippen LogP) is 8.84. The van der Waals surface area contributed by atoms with Gasteiger partial charge in [0.15, 0.2) is 0 Å². The Hall–Kier alpha value is -4.67. The van der Waals surface area contributed by atoms with Gasteiger partial charge in [0, 0.05) is 26.2 Å². The van der Waals surface area contributed by atoms with Crippen LogP contribution in [0.25, 0.3) is 0 Å². The van der Waals surface area contributed by atoms with Crippen molar-refractivity contribution in [3.05, 3.63) is 149 Å². The molecule has 54 heavy (non-hydrogen) atoms. The molecular weight excluding hydrogens is 693 g/mol. The maximum Gasteiger partial charge on any atom is 0.257 e. The van der Waals surface area contributed by atoms with Gasteiger partial charge in [0.1, 0.15) is 22.9 Å². The minimum atomic E-state index is -4.02. The number of nitrogens with zero attached hydrogens (tertiary/aromatic N) is 3. The molecule has 5 aromatic rings. The van der Waals surface area contributed by atoms with Crippen molar-refractivity contribution < 1.29 is 17.9 Å². The summed E-state index contributed by atoms with van der Waals surface area (Å²) in [6.45, 7) is 9.93. The lowest BCUT2D eigenvalue weighted by Crippen LogP contribution is -2.39. The van der Waals surface area contributed by atoms with Gasteiger partial charge in [-0.05, 0) is 108 Å². The van der Waals surface area contributed by atoms with Crippen LogP contribution in [0.1, 0.15) is 72.3 Å². The summed E-state index contributed by atoms with van der Waals surface area (Å²) in [5, 5.41) is 1.60. The molecule has 282 valence electrons. The van der Waals surface area contributed by atoms with Crippen molar-refractivity contribution in [2.24, 2.45) is 0 Å². The molecule has 9 heteroatoms. The molecule has 0 radical (unpaired) electrons. The summed E-state index contributed by atoms with van der Waals surface area (Å²) in [4.78, 5) is 8.07. The van der Waals surface area contributed by atoms with Crippen LogP contribution >= 0.6 is 0 Å². The van der Waals surface area contributed by atoms with E-state index in [4.69, 9.17) is 9.47 Å². The minimum Gasteiger partial charge on any atom is -0.495 e. The summed E-state index contributed by atoms with van der Waals surface area (Å²) in [7, 11) is -0.749. The molecule has 2 aliphatic rings. The van der Waals surface area contributed by atoms with Gasteiger partial charge in [-0.1, -0.05) is 98.8 Å². The van der Waals surface area contributed by atoms with E-state index in [0.717, 1.165) is 57.7 Å². The van der Waals surface area contributed by atoms with Crippen LogP contribution in [0.15, 0.2) is 126 Å². The molecule has 8 nitrogen and oxygen atoms in total. The fraction of sp³-hybridized carbons (Fsp3) is 0.333. The largest absolute Gasteiger partial charge is 0.495 e. The lowest BCUT2D eigenvalue weighted by molar-refractivity contribution is 0.327. The number of sulfonamides is 1. The summed E-state index contributed by atoms with van der Waals surface area (Å²) < 4.78 is 40.4. The maximum absolute atomic E-state index is 14.1. The van der Waals surface area contributed by atoms with E-state index >= 15 is 0 Å². The lowest BCUT2D eigenvalue weighted by atomic mass is 9.97. The first-order chi connectivity index (χ1) is 26.2. The first-order valence-corrected chi connectivity index (χ1v) is 20.5. The Morgan fingerprint density at radius 1 is 0.667 bits per heavy atom. The summed E-state index contributed by atoms with van der Waals surface area (Å²) in [6.07, 6.45) is 2.08. The highest BCUT2D eigenvalue weighted by atomic mass is 32.2. The standard InChI is InChI=1S/C45H52N4O4S/c1-33(2)36-15-19-41(20-16-36)54(50,51)46-49(42-21-17-37(27-44(42)52-3)39-23-25-47(31-39)29-34-11-7-5-8-12-34)43-22-18-38(28-45(43)53-4)40-24-26-48(32-40)30-35-13-9-6-10-14-35/h5-22,27-28,33,39-40,46H,23-26,29-32H2,1-4H3. The first-order valence-electron chi connectivity index (χ1n) is 19.0. The van der Waals surface area contributed by atoms with Crippen LogP contribution < -0.4 is 19.3 Å². The third kappa shape index (κ3) is 8.66. The average Bonchev–Trinajstić information content (AvgIpc) is 3.87. The van der Waals surface area contributed by atoms with Crippen LogP contribution in [0.3, 0.4) is 0 Å². The van der Waals surface area contributed by atoms with E-state index in [2.05, 4.69) is 113 Å². The van der Waals surface area contributed by atoms with Crippen molar-refractivity contribution in [2.45, 2.75) is 62.4 Å². The molecule has 0 bridgehead atoms. The van der Waals surface area contributed by atoms with Gasteiger partial charge in [-0.2, -0.15) is 0 Å². The first kappa shape index (κ1) is 37.6. The van der Waals surface area contributed by atoms with Crippen LogP contribution in [0, 0.1) is 0 Å². The van der Waals surface area contributed by atoms with Crippen molar-refractivity contribution >= 4 is 21.4 Å². The van der Waals surface area contributed by atoms with Crippen molar-refractivity contribution in [3.8, 4) is 11.5 Å². The summed E-state index contributed by atoms with van der Waals surface area (Å²) in [6, 6.07) is 40.5. The Kier molecular flexibility index (Phi) is 11.7. The third-order valence-corrected chi connectivity index (χ3v) is 12.3. The highest BCUT2D eigenvalue weighted by Gasteiger charge is 2.30. The molecule has 2 saturated heterocycles. The van der Waals surface area contributed by atoms with Gasteiger partial charge in [0.2, 0.25) is 0 Å². The second kappa shape index (κ2) is 16.8. The van der Waals surface area contributed by atoms with Gasteiger partial charge in [-0.3, -0.25) is 14.8 Å². The molecule has 1 N–H and O–H groups in total. The topological polar surface area (TPSA) is 74.4 Å². The monoisotopic (exact) mass is 744 g/mol. The number of rotatable bonds is 14. The van der Waals surface area contributed by atoms with Crippen LogP contribution in [0.2, 0.25) is 0 Å². The number of nitrogens with one attached hydrogen (secondary N) is 1. The second-order valence-corrected chi connectivity index (χ2v) is 16.6. The number of ether oxygens (including phenoxy) is 2. The molecule has 0 amide bonds. The van der Waals surface area contributed by atoms with E-state index in [0.29, 0.717) is 34.7 Å². The van der Waals surface area contributed by atoms with Crippen molar-refractivity contribution in [2.75, 3.05) is 45.4 Å². The highest BCUT2D eigenvalue weighted by Crippen LogP contribution is 2.42. The molecule has 5 aromatic carbocycles. The van der Waals surface area contributed by atoms with Gasteiger partial charge >= 0.3 is 0 Å². The van der Waals surface area contributed by atoms with Crippen LogP contribution in [-0.2, 0) is 23.1 Å². The maximum atomic E-state index is 14.1. The number of hydrogen-bond donors (Lipinski definition) is 1. The van der Waals surface area contributed by atoms with E-state index < -0.39 is 10.0 Å². The Labute approximate surface area is 321 Å². The Morgan fingerprint density at radius 3 is 1.56 bits per heavy atom. The molecule has 2 atom stereocenters. The molecule has 0 saturated carbocycles. The van der Waals surface area contributed by atoms with E-state index in [-0.39, 0.29) is 10.8 Å². The molecule has 0 spiro atoms. The van der Waals surface area contributed by atoms with E-state index in [9.17, 15) is 8.42 Å². The van der Waals surface area contributed by atoms with Gasteiger partial charge < -0.3 is 9.47 Å². The van der Waals surface area contributed by atoms with Gasteiger partial charge in [0.05, 0.1) is 19.1 Å². The number of likely N-dealkylation sites (tertiary alicyclic amines) is 2. The summed E-state index contributed by atoms with van der Waals surface area (Å²) in [5.41, 5.74) is 7.18. The minimum absolute atomic E-state index is 0.178. The number of hydrazine groups is 1. The number of methoxy groups -OCH3 is 2. The zero-order valence-corrected chi connectivity index (χ0v) is 32.6. The molecule has 2 unspecified atom stereocenters. The van der Waals surface area contributed by atoms with Gasteiger partial charge in [-0.15, -0.1) is 4.83 Å². The zero-order chi connectivity index (χ0) is 37.7. The highest BCUT2D eigenvalue weighted by molar-refractivity contribution is 7.89. The molecule has 0 aromatic heterocycles. The molecule has 0 aliphatic carbocycles. The van der Waals surface area contributed by atoms with E-state index in [1.165, 1.54) is 22.3 Å². The Bertz CT molecular complexity index is 2000. The van der Waals surface area contributed by atoms with Crippen molar-refractivity contribution in [1.29, 1.82) is 0 Å². The van der Waals surface area contributed by atoms with Gasteiger partial charge in [0.25, 0.3) is 10.0 Å². The summed E-state index contributed by atoms with van der Waals surface area (Å²) >= 11 is 0. The SMILES string of the molecule is COc1cc(C2CCN(Cc3ccccc3)C2)ccc1N(NS(=O)(=O)c1ccc(C(C)C)cc1)c1ccc(C2CCN(Cc3ccccc3)C2)cc1OC. The van der Waals surface area contributed by atoms with Crippen LogP contribution in [-0.4, -0.2) is 58.6 Å². The quantitative estimate of drug-likeness (QED) is 0.114. The molecule has 2 fully saturated rings. The number of anilines is 2. The molecule has 7 rings (SSSR count). The smallest absolute Gasteiger partial charge is 0.257 e. The van der Waals surface area contributed by atoms with Crippen molar-refractivity contribution in [1.82, 2.24) is 14.6 Å². The van der Waals surface area contributed by atoms with Crippen LogP contribution in [0.5, 0.6) is 11.5 Å². The fourth-order valence-electron chi connectivity index (χ4n) is 7.88. The summed E-state index contributed by atoms with van der Waals surface area (Å²) in [5.74, 6) is 2.11. The normalized spacial score (nSPS) is 17.9. The van der Waals surface area contributed by atoms with Crippen molar-refractivity contribution in [3.63, 3.8) is 0 Å².